The summed E-state index contributed by atoms with van der Waals surface area (Å²) in [5.41, 5.74) is 6.26. The fourth-order valence-corrected chi connectivity index (χ4v) is 2.56. The lowest BCUT2D eigenvalue weighted by Crippen LogP contribution is -2.62. The van der Waals surface area contributed by atoms with Crippen molar-refractivity contribution in [3.63, 3.8) is 0 Å². The Morgan fingerprint density at radius 1 is 1.42 bits per heavy atom. The van der Waals surface area contributed by atoms with E-state index in [-0.39, 0.29) is 0 Å². The Kier molecular flexibility index (Phi) is 1.92. The molecule has 12 heavy (non-hydrogen) atoms. The van der Waals surface area contributed by atoms with Crippen LogP contribution >= 0.6 is 0 Å². The van der Waals surface area contributed by atoms with Gasteiger partial charge in [0.2, 0.25) is 0 Å². The third kappa shape index (κ3) is 1.01. The Labute approximate surface area is 75.1 Å². The van der Waals surface area contributed by atoms with E-state index in [2.05, 4.69) is 18.9 Å². The van der Waals surface area contributed by atoms with Crippen LogP contribution in [-0.2, 0) is 0 Å². The lowest BCUT2D eigenvalue weighted by Gasteiger charge is -2.53. The van der Waals surface area contributed by atoms with Crippen molar-refractivity contribution in [1.82, 2.24) is 4.90 Å². The zero-order valence-electron chi connectivity index (χ0n) is 8.21. The SMILES string of the molecule is CC1CCC1(CN)N(C)C1CC1. The van der Waals surface area contributed by atoms with E-state index in [0.29, 0.717) is 5.54 Å². The van der Waals surface area contributed by atoms with E-state index in [4.69, 9.17) is 5.73 Å². The highest BCUT2D eigenvalue weighted by molar-refractivity contribution is 5.06. The second kappa shape index (κ2) is 2.71. The normalized spacial score (nSPS) is 41.5. The number of nitrogens with two attached hydrogens (primary N) is 1. The molecule has 2 aliphatic carbocycles. The first kappa shape index (κ1) is 8.52. The van der Waals surface area contributed by atoms with Crippen LogP contribution < -0.4 is 5.73 Å². The van der Waals surface area contributed by atoms with E-state index < -0.39 is 0 Å². The molecule has 0 radical (unpaired) electrons. The summed E-state index contributed by atoms with van der Waals surface area (Å²) in [6, 6.07) is 0.858. The minimum absolute atomic E-state index is 0.376. The van der Waals surface area contributed by atoms with Crippen molar-refractivity contribution < 1.29 is 0 Å². The van der Waals surface area contributed by atoms with Gasteiger partial charge in [0, 0.05) is 18.1 Å². The van der Waals surface area contributed by atoms with Crippen LogP contribution in [0.4, 0.5) is 0 Å². The Balaban J connectivity index is 2.05. The molecule has 2 fully saturated rings. The van der Waals surface area contributed by atoms with Crippen LogP contribution in [0.3, 0.4) is 0 Å². The molecule has 2 heteroatoms. The fraction of sp³-hybridized carbons (Fsp3) is 1.00. The van der Waals surface area contributed by atoms with Crippen molar-refractivity contribution in [2.45, 2.75) is 44.2 Å². The molecule has 2 aliphatic rings. The molecule has 0 heterocycles. The second-order valence-electron chi connectivity index (χ2n) is 4.59. The molecule has 2 unspecified atom stereocenters. The predicted molar refractivity (Wildman–Crippen MR) is 51.0 cm³/mol. The summed E-state index contributed by atoms with van der Waals surface area (Å²) in [7, 11) is 2.26. The molecule has 2 rings (SSSR count). The third-order valence-corrected chi connectivity index (χ3v) is 4.08. The van der Waals surface area contributed by atoms with Crippen LogP contribution in [0, 0.1) is 5.92 Å². The summed E-state index contributed by atoms with van der Waals surface area (Å²) >= 11 is 0. The van der Waals surface area contributed by atoms with Gasteiger partial charge in [0.1, 0.15) is 0 Å². The summed E-state index contributed by atoms with van der Waals surface area (Å²) in [6.45, 7) is 3.19. The first-order chi connectivity index (χ1) is 5.70. The Bertz CT molecular complexity index is 173. The molecule has 2 saturated carbocycles. The molecule has 2 N–H and O–H groups in total. The number of hydrogen-bond donors (Lipinski definition) is 1. The summed E-state index contributed by atoms with van der Waals surface area (Å²) in [5.74, 6) is 0.813. The van der Waals surface area contributed by atoms with Gasteiger partial charge < -0.3 is 5.73 Å². The quantitative estimate of drug-likeness (QED) is 0.686. The van der Waals surface area contributed by atoms with Gasteiger partial charge >= 0.3 is 0 Å². The van der Waals surface area contributed by atoms with Crippen LogP contribution in [0.2, 0.25) is 0 Å². The van der Waals surface area contributed by atoms with Crippen LogP contribution in [-0.4, -0.2) is 30.1 Å². The first-order valence-corrected chi connectivity index (χ1v) is 5.14. The molecule has 0 bridgehead atoms. The molecule has 0 aromatic heterocycles. The zero-order valence-corrected chi connectivity index (χ0v) is 8.21. The highest BCUT2D eigenvalue weighted by atomic mass is 15.2. The molecule has 2 atom stereocenters. The van der Waals surface area contributed by atoms with Crippen molar-refractivity contribution in [3.05, 3.63) is 0 Å². The van der Waals surface area contributed by atoms with E-state index in [1.54, 1.807) is 0 Å². The molecule has 0 spiro atoms. The minimum Gasteiger partial charge on any atom is -0.329 e. The van der Waals surface area contributed by atoms with Crippen molar-refractivity contribution >= 4 is 0 Å². The molecule has 70 valence electrons. The zero-order chi connectivity index (χ0) is 8.77. The van der Waals surface area contributed by atoms with E-state index in [1.165, 1.54) is 25.7 Å². The van der Waals surface area contributed by atoms with Gasteiger partial charge in [0.25, 0.3) is 0 Å². The summed E-state index contributed by atoms with van der Waals surface area (Å²) in [6.07, 6.45) is 5.47. The summed E-state index contributed by atoms with van der Waals surface area (Å²) in [4.78, 5) is 2.56. The minimum atomic E-state index is 0.376. The predicted octanol–water partition coefficient (Wildman–Crippen LogP) is 1.21. The molecule has 2 nitrogen and oxygen atoms in total. The molecular weight excluding hydrogens is 148 g/mol. The lowest BCUT2D eigenvalue weighted by atomic mass is 9.66. The van der Waals surface area contributed by atoms with Gasteiger partial charge in [-0.25, -0.2) is 0 Å². The van der Waals surface area contributed by atoms with Crippen molar-refractivity contribution in [1.29, 1.82) is 0 Å². The highest BCUT2D eigenvalue weighted by Gasteiger charge is 2.49. The standard InChI is InChI=1S/C10H20N2/c1-8-5-6-10(8,7-11)12(2)9-3-4-9/h8-9H,3-7,11H2,1-2H3. The van der Waals surface area contributed by atoms with Crippen LogP contribution in [0.25, 0.3) is 0 Å². The van der Waals surface area contributed by atoms with E-state index in [9.17, 15) is 0 Å². The molecule has 0 aromatic rings. The number of rotatable bonds is 3. The molecule has 0 saturated heterocycles. The van der Waals surface area contributed by atoms with Crippen molar-refractivity contribution in [2.24, 2.45) is 11.7 Å². The monoisotopic (exact) mass is 168 g/mol. The lowest BCUT2D eigenvalue weighted by molar-refractivity contribution is -0.0175. The average molecular weight is 168 g/mol. The smallest absolute Gasteiger partial charge is 0.0357 e. The van der Waals surface area contributed by atoms with Gasteiger partial charge in [-0.2, -0.15) is 0 Å². The number of nitrogens with zero attached hydrogens (tertiary/aromatic N) is 1. The van der Waals surface area contributed by atoms with Crippen LogP contribution in [0.1, 0.15) is 32.6 Å². The van der Waals surface area contributed by atoms with E-state index in [0.717, 1.165) is 18.5 Å². The van der Waals surface area contributed by atoms with Crippen molar-refractivity contribution in [2.75, 3.05) is 13.6 Å². The van der Waals surface area contributed by atoms with E-state index in [1.807, 2.05) is 0 Å². The van der Waals surface area contributed by atoms with Gasteiger partial charge in [0.05, 0.1) is 0 Å². The number of likely N-dealkylation sites (N-methyl/N-ethyl adjacent to an activating group) is 1. The van der Waals surface area contributed by atoms with E-state index >= 15 is 0 Å². The maximum atomic E-state index is 5.88. The summed E-state index contributed by atoms with van der Waals surface area (Å²) < 4.78 is 0. The van der Waals surface area contributed by atoms with Crippen LogP contribution in [0.15, 0.2) is 0 Å². The van der Waals surface area contributed by atoms with Gasteiger partial charge in [-0.1, -0.05) is 6.92 Å². The topological polar surface area (TPSA) is 29.3 Å². The largest absolute Gasteiger partial charge is 0.329 e. The third-order valence-electron chi connectivity index (χ3n) is 4.08. The van der Waals surface area contributed by atoms with Gasteiger partial charge in [-0.15, -0.1) is 0 Å². The molecule has 0 aromatic carbocycles. The maximum Gasteiger partial charge on any atom is 0.0357 e. The van der Waals surface area contributed by atoms with Crippen LogP contribution in [0.5, 0.6) is 0 Å². The second-order valence-corrected chi connectivity index (χ2v) is 4.59. The Hall–Kier alpha value is -0.0800. The summed E-state index contributed by atoms with van der Waals surface area (Å²) in [5, 5.41) is 0. The molecular formula is C10H20N2. The maximum absolute atomic E-state index is 5.88. The average Bonchev–Trinajstić information content (AvgIpc) is 2.86. The first-order valence-electron chi connectivity index (χ1n) is 5.14. The van der Waals surface area contributed by atoms with Crippen molar-refractivity contribution in [3.8, 4) is 0 Å². The molecule has 0 amide bonds. The van der Waals surface area contributed by atoms with Gasteiger partial charge in [-0.05, 0) is 38.6 Å². The van der Waals surface area contributed by atoms with Gasteiger partial charge in [-0.3, -0.25) is 4.90 Å². The fourth-order valence-electron chi connectivity index (χ4n) is 2.56. The Morgan fingerprint density at radius 2 is 2.08 bits per heavy atom. The highest BCUT2D eigenvalue weighted by Crippen LogP contribution is 2.45. The van der Waals surface area contributed by atoms with Gasteiger partial charge in [0.15, 0.2) is 0 Å². The Morgan fingerprint density at radius 3 is 2.33 bits per heavy atom. The molecule has 0 aliphatic heterocycles. The number of hydrogen-bond acceptors (Lipinski definition) is 2.